The summed E-state index contributed by atoms with van der Waals surface area (Å²) in [7, 11) is 0. The number of benzene rings is 2. The molecule has 1 aromatic heterocycles. The quantitative estimate of drug-likeness (QED) is 0.601. The van der Waals surface area contributed by atoms with Crippen molar-refractivity contribution >= 4 is 29.0 Å². The van der Waals surface area contributed by atoms with Crippen LogP contribution in [0.5, 0.6) is 0 Å². The predicted molar refractivity (Wildman–Crippen MR) is 114 cm³/mol. The van der Waals surface area contributed by atoms with E-state index in [1.807, 2.05) is 32.0 Å². The maximum absolute atomic E-state index is 10.5. The lowest BCUT2D eigenvalue weighted by molar-refractivity contribution is 0.165. The summed E-state index contributed by atoms with van der Waals surface area (Å²) in [5, 5.41) is 15.1. The van der Waals surface area contributed by atoms with E-state index in [-0.39, 0.29) is 6.04 Å². The second-order valence-corrected chi connectivity index (χ2v) is 7.87. The SMILES string of the molecule is CCc1nc(NC2c3ccccc3CC2O)c(C)nc1-c1ccc(Cl)cc1Cl. The van der Waals surface area contributed by atoms with Crippen LogP contribution in [0.15, 0.2) is 42.5 Å². The molecule has 3 aromatic rings. The Hall–Kier alpha value is -2.14. The average molecular weight is 414 g/mol. The number of anilines is 1. The van der Waals surface area contributed by atoms with Crippen molar-refractivity contribution in [3.05, 3.63) is 75.0 Å². The molecule has 1 heterocycles. The first-order valence-electron chi connectivity index (χ1n) is 9.33. The first-order chi connectivity index (χ1) is 13.5. The maximum Gasteiger partial charge on any atom is 0.148 e. The molecule has 1 aliphatic rings. The minimum absolute atomic E-state index is 0.195. The zero-order valence-corrected chi connectivity index (χ0v) is 17.2. The van der Waals surface area contributed by atoms with E-state index in [2.05, 4.69) is 17.4 Å². The number of hydrogen-bond donors (Lipinski definition) is 2. The van der Waals surface area contributed by atoms with Gasteiger partial charge in [0.1, 0.15) is 5.82 Å². The highest BCUT2D eigenvalue weighted by molar-refractivity contribution is 6.36. The fourth-order valence-corrected chi connectivity index (χ4v) is 4.23. The summed E-state index contributed by atoms with van der Waals surface area (Å²) in [6.45, 7) is 3.95. The van der Waals surface area contributed by atoms with Crippen molar-refractivity contribution in [1.29, 1.82) is 0 Å². The van der Waals surface area contributed by atoms with Gasteiger partial charge < -0.3 is 10.4 Å². The molecule has 6 heteroatoms. The Balaban J connectivity index is 1.72. The molecule has 0 amide bonds. The average Bonchev–Trinajstić information content (AvgIpc) is 2.98. The first-order valence-corrected chi connectivity index (χ1v) is 10.1. The largest absolute Gasteiger partial charge is 0.390 e. The van der Waals surface area contributed by atoms with Crippen molar-refractivity contribution in [2.24, 2.45) is 0 Å². The third-order valence-electron chi connectivity index (χ3n) is 5.16. The van der Waals surface area contributed by atoms with Gasteiger partial charge in [-0.1, -0.05) is 54.4 Å². The van der Waals surface area contributed by atoms with Crippen molar-refractivity contribution < 1.29 is 5.11 Å². The Labute approximate surface area is 174 Å². The molecule has 0 radical (unpaired) electrons. The summed E-state index contributed by atoms with van der Waals surface area (Å²) in [4.78, 5) is 9.62. The van der Waals surface area contributed by atoms with Crippen LogP contribution in [0.1, 0.15) is 35.5 Å². The lowest BCUT2D eigenvalue weighted by Crippen LogP contribution is -2.22. The summed E-state index contributed by atoms with van der Waals surface area (Å²) in [6, 6.07) is 13.3. The Morgan fingerprint density at radius 1 is 1.14 bits per heavy atom. The van der Waals surface area contributed by atoms with Crippen molar-refractivity contribution in [3.8, 4) is 11.3 Å². The highest BCUT2D eigenvalue weighted by Crippen LogP contribution is 2.36. The molecular weight excluding hydrogens is 393 g/mol. The van der Waals surface area contributed by atoms with Crippen LogP contribution in [0, 0.1) is 6.92 Å². The third-order valence-corrected chi connectivity index (χ3v) is 5.71. The van der Waals surface area contributed by atoms with E-state index in [4.69, 9.17) is 33.2 Å². The molecule has 1 aliphatic carbocycles. The summed E-state index contributed by atoms with van der Waals surface area (Å²) in [6.07, 6.45) is 0.855. The Kier molecular flexibility index (Phi) is 5.28. The summed E-state index contributed by atoms with van der Waals surface area (Å²) < 4.78 is 0. The number of aromatic nitrogens is 2. The monoisotopic (exact) mass is 413 g/mol. The van der Waals surface area contributed by atoms with E-state index in [9.17, 15) is 5.11 Å². The zero-order chi connectivity index (χ0) is 19.8. The molecule has 0 fully saturated rings. The second kappa shape index (κ2) is 7.70. The van der Waals surface area contributed by atoms with Crippen LogP contribution in [-0.2, 0) is 12.8 Å². The van der Waals surface area contributed by atoms with Gasteiger partial charge in [0.05, 0.1) is 34.3 Å². The van der Waals surface area contributed by atoms with Crippen LogP contribution >= 0.6 is 23.2 Å². The van der Waals surface area contributed by atoms with E-state index in [1.54, 1.807) is 12.1 Å². The van der Waals surface area contributed by atoms with Gasteiger partial charge in [-0.2, -0.15) is 0 Å². The van der Waals surface area contributed by atoms with Crippen LogP contribution in [0.4, 0.5) is 5.82 Å². The van der Waals surface area contributed by atoms with Gasteiger partial charge in [-0.3, -0.25) is 0 Å². The molecule has 2 atom stereocenters. The van der Waals surface area contributed by atoms with Crippen LogP contribution < -0.4 is 5.32 Å². The van der Waals surface area contributed by atoms with Crippen molar-refractivity contribution in [2.75, 3.05) is 5.32 Å². The highest BCUT2D eigenvalue weighted by atomic mass is 35.5. The number of nitrogens with one attached hydrogen (secondary N) is 1. The molecule has 144 valence electrons. The van der Waals surface area contributed by atoms with Crippen molar-refractivity contribution in [1.82, 2.24) is 9.97 Å². The fraction of sp³-hybridized carbons (Fsp3) is 0.273. The summed E-state index contributed by atoms with van der Waals surface area (Å²) in [5.41, 5.74) is 5.46. The van der Waals surface area contributed by atoms with E-state index >= 15 is 0 Å². The fourth-order valence-electron chi connectivity index (χ4n) is 3.73. The molecule has 2 N–H and O–H groups in total. The van der Waals surface area contributed by atoms with Crippen LogP contribution in [0.2, 0.25) is 10.0 Å². The van der Waals surface area contributed by atoms with E-state index in [0.717, 1.165) is 28.2 Å². The molecule has 2 unspecified atom stereocenters. The minimum Gasteiger partial charge on any atom is -0.390 e. The molecule has 28 heavy (non-hydrogen) atoms. The number of rotatable bonds is 4. The van der Waals surface area contributed by atoms with Gasteiger partial charge in [-0.05, 0) is 42.7 Å². The minimum atomic E-state index is -0.492. The van der Waals surface area contributed by atoms with E-state index < -0.39 is 6.10 Å². The lowest BCUT2D eigenvalue weighted by Gasteiger charge is -2.21. The molecule has 0 bridgehead atoms. The number of nitrogens with zero attached hydrogens (tertiary/aromatic N) is 2. The highest BCUT2D eigenvalue weighted by Gasteiger charge is 2.31. The van der Waals surface area contributed by atoms with Crippen LogP contribution in [0.25, 0.3) is 11.3 Å². The zero-order valence-electron chi connectivity index (χ0n) is 15.7. The van der Waals surface area contributed by atoms with Crippen LogP contribution in [-0.4, -0.2) is 21.2 Å². The van der Waals surface area contributed by atoms with E-state index in [1.165, 1.54) is 5.56 Å². The number of aliphatic hydroxyl groups excluding tert-OH is 1. The smallest absolute Gasteiger partial charge is 0.148 e. The van der Waals surface area contributed by atoms with Gasteiger partial charge in [0, 0.05) is 17.0 Å². The third kappa shape index (κ3) is 3.48. The summed E-state index contributed by atoms with van der Waals surface area (Å²) >= 11 is 12.4. The number of aliphatic hydroxyl groups is 1. The molecule has 2 aromatic carbocycles. The molecule has 0 aliphatic heterocycles. The van der Waals surface area contributed by atoms with Gasteiger partial charge in [-0.15, -0.1) is 0 Å². The summed E-state index contributed by atoms with van der Waals surface area (Å²) in [5.74, 6) is 0.687. The van der Waals surface area contributed by atoms with Crippen LogP contribution in [0.3, 0.4) is 0 Å². The standard InChI is InChI=1S/C22H21Cl2N3O/c1-3-18-20(16-9-8-14(23)11-17(16)24)25-12(2)22(26-18)27-21-15-7-5-4-6-13(15)10-19(21)28/h4-9,11,19,21,28H,3,10H2,1-2H3,(H,26,27). The number of hydrogen-bond acceptors (Lipinski definition) is 4. The van der Waals surface area contributed by atoms with Crippen molar-refractivity contribution in [3.63, 3.8) is 0 Å². The topological polar surface area (TPSA) is 58.0 Å². The normalized spacial score (nSPS) is 18.2. The first kappa shape index (κ1) is 19.2. The van der Waals surface area contributed by atoms with Gasteiger partial charge >= 0.3 is 0 Å². The molecule has 4 nitrogen and oxygen atoms in total. The predicted octanol–water partition coefficient (Wildman–Crippen LogP) is 5.39. The second-order valence-electron chi connectivity index (χ2n) is 7.02. The number of aryl methyl sites for hydroxylation is 2. The van der Waals surface area contributed by atoms with Gasteiger partial charge in [0.2, 0.25) is 0 Å². The molecule has 0 saturated carbocycles. The number of fused-ring (bicyclic) bond motifs is 1. The van der Waals surface area contributed by atoms with Crippen molar-refractivity contribution in [2.45, 2.75) is 38.8 Å². The Bertz CT molecular complexity index is 1040. The Morgan fingerprint density at radius 2 is 1.93 bits per heavy atom. The molecule has 4 rings (SSSR count). The molecular formula is C22H21Cl2N3O. The lowest BCUT2D eigenvalue weighted by atomic mass is 10.1. The molecule has 0 spiro atoms. The molecule has 0 saturated heterocycles. The van der Waals surface area contributed by atoms with Gasteiger partial charge in [0.25, 0.3) is 0 Å². The maximum atomic E-state index is 10.5. The van der Waals surface area contributed by atoms with E-state index in [0.29, 0.717) is 28.7 Å². The van der Waals surface area contributed by atoms with Gasteiger partial charge in [0.15, 0.2) is 0 Å². The van der Waals surface area contributed by atoms with Gasteiger partial charge in [-0.25, -0.2) is 9.97 Å². The Morgan fingerprint density at radius 3 is 2.68 bits per heavy atom. The number of halogens is 2.